The van der Waals surface area contributed by atoms with Gasteiger partial charge in [0.05, 0.1) is 17.7 Å². The van der Waals surface area contributed by atoms with Gasteiger partial charge in [0.1, 0.15) is 11.3 Å². The van der Waals surface area contributed by atoms with Crippen LogP contribution in [0.3, 0.4) is 0 Å². The molecule has 136 valence electrons. The number of nitrogens with zero attached hydrogens (tertiary/aromatic N) is 2. The van der Waals surface area contributed by atoms with Crippen molar-refractivity contribution in [1.82, 2.24) is 5.32 Å². The number of carbonyl (C=O) groups excluding carboxylic acids is 3. The SMILES string of the molecule is COc1ccccc1/C=C1\C(=O)NC(=O)N(c2cccc([N+](=O)[O-])c2)C1=O. The first kappa shape index (κ1) is 17.8. The van der Waals surface area contributed by atoms with Gasteiger partial charge in [-0.25, -0.2) is 9.69 Å². The Morgan fingerprint density at radius 2 is 1.85 bits per heavy atom. The van der Waals surface area contributed by atoms with Crippen molar-refractivity contribution in [1.29, 1.82) is 0 Å². The molecule has 3 rings (SSSR count). The summed E-state index contributed by atoms with van der Waals surface area (Å²) in [5.41, 5.74) is -0.150. The molecule has 0 atom stereocenters. The molecule has 27 heavy (non-hydrogen) atoms. The minimum Gasteiger partial charge on any atom is -0.496 e. The molecular formula is C18H13N3O6. The smallest absolute Gasteiger partial charge is 0.335 e. The molecule has 1 aliphatic rings. The summed E-state index contributed by atoms with van der Waals surface area (Å²) in [5, 5.41) is 13.0. The minimum absolute atomic E-state index is 0.0230. The number of nitro groups is 1. The van der Waals surface area contributed by atoms with Gasteiger partial charge in [-0.2, -0.15) is 0 Å². The first-order valence-corrected chi connectivity index (χ1v) is 7.71. The zero-order chi connectivity index (χ0) is 19.6. The second-order valence-corrected chi connectivity index (χ2v) is 5.48. The van der Waals surface area contributed by atoms with Crippen molar-refractivity contribution in [3.8, 4) is 5.75 Å². The lowest BCUT2D eigenvalue weighted by Crippen LogP contribution is -2.54. The number of imide groups is 2. The van der Waals surface area contributed by atoms with Crippen LogP contribution >= 0.6 is 0 Å². The first-order valence-electron chi connectivity index (χ1n) is 7.71. The Bertz CT molecular complexity index is 998. The van der Waals surface area contributed by atoms with Gasteiger partial charge < -0.3 is 4.74 Å². The number of non-ortho nitro benzene ring substituents is 1. The number of hydrogen-bond donors (Lipinski definition) is 1. The number of barbiturate groups is 1. The van der Waals surface area contributed by atoms with Crippen LogP contribution in [-0.4, -0.2) is 29.9 Å². The Hall–Kier alpha value is -4.01. The van der Waals surface area contributed by atoms with Crippen LogP contribution in [-0.2, 0) is 9.59 Å². The van der Waals surface area contributed by atoms with Crippen LogP contribution in [0.1, 0.15) is 5.56 Å². The number of anilines is 1. The molecule has 9 nitrogen and oxygen atoms in total. The minimum atomic E-state index is -0.984. The molecule has 2 aromatic rings. The van der Waals surface area contributed by atoms with E-state index in [1.807, 2.05) is 0 Å². The largest absolute Gasteiger partial charge is 0.496 e. The van der Waals surface area contributed by atoms with Crippen molar-refractivity contribution < 1.29 is 24.0 Å². The van der Waals surface area contributed by atoms with E-state index in [1.54, 1.807) is 24.3 Å². The molecule has 0 unspecified atom stereocenters. The summed E-state index contributed by atoms with van der Waals surface area (Å²) in [6.07, 6.45) is 1.30. The van der Waals surface area contributed by atoms with Crippen molar-refractivity contribution in [3.63, 3.8) is 0 Å². The van der Waals surface area contributed by atoms with Gasteiger partial charge >= 0.3 is 6.03 Å². The van der Waals surface area contributed by atoms with Crippen LogP contribution in [0.25, 0.3) is 6.08 Å². The van der Waals surface area contributed by atoms with Crippen LogP contribution in [0.4, 0.5) is 16.2 Å². The summed E-state index contributed by atoms with van der Waals surface area (Å²) in [4.78, 5) is 48.1. The highest BCUT2D eigenvalue weighted by atomic mass is 16.6. The summed E-state index contributed by atoms with van der Waals surface area (Å²) < 4.78 is 5.19. The maximum absolute atomic E-state index is 12.8. The summed E-state index contributed by atoms with van der Waals surface area (Å²) in [6, 6.07) is 10.7. The molecule has 0 aromatic heterocycles. The zero-order valence-electron chi connectivity index (χ0n) is 14.0. The molecule has 4 amide bonds. The number of urea groups is 1. The van der Waals surface area contributed by atoms with E-state index in [9.17, 15) is 24.5 Å². The second kappa shape index (κ2) is 7.08. The zero-order valence-corrected chi connectivity index (χ0v) is 14.0. The lowest BCUT2D eigenvalue weighted by atomic mass is 10.1. The van der Waals surface area contributed by atoms with Gasteiger partial charge in [-0.15, -0.1) is 0 Å². The van der Waals surface area contributed by atoms with Crippen LogP contribution in [0.15, 0.2) is 54.1 Å². The Balaban J connectivity index is 2.05. The molecule has 0 aliphatic carbocycles. The van der Waals surface area contributed by atoms with E-state index in [-0.39, 0.29) is 16.9 Å². The molecule has 1 N–H and O–H groups in total. The maximum atomic E-state index is 12.8. The molecule has 0 spiro atoms. The van der Waals surface area contributed by atoms with Gasteiger partial charge in [-0.1, -0.05) is 24.3 Å². The fourth-order valence-corrected chi connectivity index (χ4v) is 2.58. The van der Waals surface area contributed by atoms with E-state index >= 15 is 0 Å². The van der Waals surface area contributed by atoms with Crippen LogP contribution < -0.4 is 15.0 Å². The quantitative estimate of drug-likeness (QED) is 0.383. The van der Waals surface area contributed by atoms with E-state index < -0.39 is 22.8 Å². The Kier molecular flexibility index (Phi) is 4.67. The van der Waals surface area contributed by atoms with E-state index in [0.29, 0.717) is 16.2 Å². The maximum Gasteiger partial charge on any atom is 0.335 e. The summed E-state index contributed by atoms with van der Waals surface area (Å²) in [7, 11) is 1.44. The van der Waals surface area contributed by atoms with Gasteiger partial charge in [-0.05, 0) is 18.2 Å². The number of hydrogen-bond acceptors (Lipinski definition) is 6. The van der Waals surface area contributed by atoms with Crippen molar-refractivity contribution in [3.05, 3.63) is 69.8 Å². The number of rotatable bonds is 4. The van der Waals surface area contributed by atoms with E-state index in [2.05, 4.69) is 5.32 Å². The van der Waals surface area contributed by atoms with Crippen LogP contribution in [0.5, 0.6) is 5.75 Å². The molecule has 9 heteroatoms. The van der Waals surface area contributed by atoms with Crippen molar-refractivity contribution >= 4 is 35.3 Å². The topological polar surface area (TPSA) is 119 Å². The van der Waals surface area contributed by atoms with Gasteiger partial charge in [-0.3, -0.25) is 25.0 Å². The highest BCUT2D eigenvalue weighted by molar-refractivity contribution is 6.39. The highest BCUT2D eigenvalue weighted by Gasteiger charge is 2.37. The summed E-state index contributed by atoms with van der Waals surface area (Å²) in [5.74, 6) is -1.32. The fraction of sp³-hybridized carbons (Fsp3) is 0.0556. The van der Waals surface area contributed by atoms with Gasteiger partial charge in [0, 0.05) is 17.7 Å². The van der Waals surface area contributed by atoms with Crippen molar-refractivity contribution in [2.24, 2.45) is 0 Å². The third-order valence-corrected chi connectivity index (χ3v) is 3.84. The number of para-hydroxylation sites is 1. The molecule has 1 aliphatic heterocycles. The van der Waals surface area contributed by atoms with Crippen LogP contribution in [0, 0.1) is 10.1 Å². The summed E-state index contributed by atoms with van der Waals surface area (Å²) >= 11 is 0. The molecule has 1 heterocycles. The average Bonchev–Trinajstić information content (AvgIpc) is 2.65. The average molecular weight is 367 g/mol. The lowest BCUT2D eigenvalue weighted by Gasteiger charge is -2.26. The first-order chi connectivity index (χ1) is 12.9. The van der Waals surface area contributed by atoms with Crippen molar-refractivity contribution in [2.75, 3.05) is 12.0 Å². The molecule has 0 radical (unpaired) electrons. The van der Waals surface area contributed by atoms with Gasteiger partial charge in [0.2, 0.25) is 0 Å². The van der Waals surface area contributed by atoms with Crippen LogP contribution in [0.2, 0.25) is 0 Å². The number of nitro benzene ring substituents is 1. The lowest BCUT2D eigenvalue weighted by molar-refractivity contribution is -0.384. The standard InChI is InChI=1S/C18H13N3O6/c1-27-15-8-3-2-5-11(15)9-14-16(22)19-18(24)20(17(14)23)12-6-4-7-13(10-12)21(25)26/h2-10H,1H3,(H,19,22,24)/b14-9+. The number of ether oxygens (including phenoxy) is 1. The second-order valence-electron chi connectivity index (χ2n) is 5.48. The molecule has 1 fully saturated rings. The monoisotopic (exact) mass is 367 g/mol. The molecule has 0 bridgehead atoms. The molecule has 0 saturated carbocycles. The third-order valence-electron chi connectivity index (χ3n) is 3.84. The Morgan fingerprint density at radius 3 is 2.56 bits per heavy atom. The molecular weight excluding hydrogens is 354 g/mol. The predicted molar refractivity (Wildman–Crippen MR) is 95.1 cm³/mol. The number of benzene rings is 2. The van der Waals surface area contributed by atoms with Gasteiger partial charge in [0.15, 0.2) is 0 Å². The molecule has 2 aromatic carbocycles. The number of amides is 4. The number of methoxy groups -OCH3 is 1. The van der Waals surface area contributed by atoms with E-state index in [1.165, 1.54) is 31.4 Å². The van der Waals surface area contributed by atoms with Crippen molar-refractivity contribution in [2.45, 2.75) is 0 Å². The number of carbonyl (C=O) groups is 3. The highest BCUT2D eigenvalue weighted by Crippen LogP contribution is 2.27. The fourth-order valence-electron chi connectivity index (χ4n) is 2.58. The normalized spacial score (nSPS) is 15.7. The number of nitrogens with one attached hydrogen (secondary N) is 1. The summed E-state index contributed by atoms with van der Waals surface area (Å²) in [6.45, 7) is 0. The van der Waals surface area contributed by atoms with E-state index in [0.717, 1.165) is 6.07 Å². The Labute approximate surface area is 153 Å². The third kappa shape index (κ3) is 3.38. The Morgan fingerprint density at radius 1 is 1.11 bits per heavy atom. The predicted octanol–water partition coefficient (Wildman–Crippen LogP) is 2.27. The molecule has 1 saturated heterocycles. The van der Waals surface area contributed by atoms with E-state index in [4.69, 9.17) is 4.74 Å². The van der Waals surface area contributed by atoms with Gasteiger partial charge in [0.25, 0.3) is 17.5 Å².